The molecule has 4 nitrogen and oxygen atoms in total. The van der Waals surface area contributed by atoms with Crippen molar-refractivity contribution >= 4 is 5.91 Å². The van der Waals surface area contributed by atoms with Crippen LogP contribution in [0.2, 0.25) is 0 Å². The third kappa shape index (κ3) is 1.90. The number of amides is 1. The minimum absolute atomic E-state index is 0.0209. The molecule has 1 aromatic heterocycles. The number of carbonyl (C=O) groups is 1. The maximum absolute atomic E-state index is 12.3. The van der Waals surface area contributed by atoms with Gasteiger partial charge < -0.3 is 9.42 Å². The van der Waals surface area contributed by atoms with E-state index in [-0.39, 0.29) is 5.91 Å². The first-order chi connectivity index (χ1) is 8.86. The van der Waals surface area contributed by atoms with E-state index in [1.165, 1.54) is 6.20 Å². The summed E-state index contributed by atoms with van der Waals surface area (Å²) in [7, 11) is 0. The van der Waals surface area contributed by atoms with E-state index >= 15 is 0 Å². The van der Waals surface area contributed by atoms with Crippen LogP contribution >= 0.6 is 0 Å². The fourth-order valence-electron chi connectivity index (χ4n) is 2.28. The number of hydrogen-bond donors (Lipinski definition) is 0. The van der Waals surface area contributed by atoms with Crippen LogP contribution in [-0.4, -0.2) is 29.1 Å². The van der Waals surface area contributed by atoms with Crippen LogP contribution in [-0.2, 0) is 0 Å². The van der Waals surface area contributed by atoms with Crippen molar-refractivity contribution in [2.45, 2.75) is 12.8 Å². The van der Waals surface area contributed by atoms with Crippen molar-refractivity contribution in [3.63, 3.8) is 0 Å². The van der Waals surface area contributed by atoms with Crippen molar-refractivity contribution in [2.75, 3.05) is 13.1 Å². The molecule has 2 heterocycles. The Morgan fingerprint density at radius 3 is 2.61 bits per heavy atom. The summed E-state index contributed by atoms with van der Waals surface area (Å²) in [5.41, 5.74) is 1.45. The van der Waals surface area contributed by atoms with E-state index in [4.69, 9.17) is 4.52 Å². The minimum Gasteiger partial charge on any atom is -0.355 e. The van der Waals surface area contributed by atoms with Gasteiger partial charge in [0.2, 0.25) is 0 Å². The highest BCUT2D eigenvalue weighted by Crippen LogP contribution is 2.25. The molecular weight excluding hydrogens is 228 g/mol. The molecule has 0 unspecified atom stereocenters. The van der Waals surface area contributed by atoms with E-state index in [2.05, 4.69) is 5.16 Å². The van der Waals surface area contributed by atoms with Gasteiger partial charge in [-0.3, -0.25) is 4.79 Å². The number of aromatic nitrogens is 1. The van der Waals surface area contributed by atoms with Crippen molar-refractivity contribution in [3.05, 3.63) is 42.1 Å². The molecule has 1 aromatic carbocycles. The van der Waals surface area contributed by atoms with Crippen LogP contribution in [0.1, 0.15) is 23.2 Å². The summed E-state index contributed by atoms with van der Waals surface area (Å²) in [6, 6.07) is 9.61. The number of nitrogens with zero attached hydrogens (tertiary/aromatic N) is 2. The van der Waals surface area contributed by atoms with Crippen molar-refractivity contribution in [1.82, 2.24) is 10.1 Å². The SMILES string of the molecule is O=C(c1cnoc1-c1ccccc1)N1CCCC1. The van der Waals surface area contributed by atoms with Crippen LogP contribution < -0.4 is 0 Å². The van der Waals surface area contributed by atoms with Crippen LogP contribution in [0.15, 0.2) is 41.1 Å². The minimum atomic E-state index is 0.0209. The summed E-state index contributed by atoms with van der Waals surface area (Å²) in [6.07, 6.45) is 3.68. The Balaban J connectivity index is 1.94. The highest BCUT2D eigenvalue weighted by atomic mass is 16.5. The Morgan fingerprint density at radius 1 is 1.17 bits per heavy atom. The molecule has 1 amide bonds. The van der Waals surface area contributed by atoms with Gasteiger partial charge in [-0.15, -0.1) is 0 Å². The van der Waals surface area contributed by atoms with Crippen LogP contribution in [0.3, 0.4) is 0 Å². The number of carbonyl (C=O) groups excluding carboxylic acids is 1. The summed E-state index contributed by atoms with van der Waals surface area (Å²) >= 11 is 0. The zero-order valence-corrected chi connectivity index (χ0v) is 10.0. The molecule has 0 saturated carbocycles. The average molecular weight is 242 g/mol. The van der Waals surface area contributed by atoms with Crippen LogP contribution in [0.25, 0.3) is 11.3 Å². The third-order valence-electron chi connectivity index (χ3n) is 3.23. The zero-order valence-electron chi connectivity index (χ0n) is 10.0. The van der Waals surface area contributed by atoms with Gasteiger partial charge in [0.1, 0.15) is 5.56 Å². The molecule has 2 aromatic rings. The maximum Gasteiger partial charge on any atom is 0.259 e. The second-order valence-corrected chi connectivity index (χ2v) is 4.43. The first-order valence-corrected chi connectivity index (χ1v) is 6.15. The molecule has 1 aliphatic heterocycles. The average Bonchev–Trinajstić information content (AvgIpc) is 3.10. The highest BCUT2D eigenvalue weighted by Gasteiger charge is 2.24. The Labute approximate surface area is 105 Å². The van der Waals surface area contributed by atoms with Gasteiger partial charge in [0.25, 0.3) is 5.91 Å². The fourth-order valence-corrected chi connectivity index (χ4v) is 2.28. The smallest absolute Gasteiger partial charge is 0.259 e. The predicted molar refractivity (Wildman–Crippen MR) is 67.1 cm³/mol. The van der Waals surface area contributed by atoms with Gasteiger partial charge in [0, 0.05) is 18.7 Å². The monoisotopic (exact) mass is 242 g/mol. The molecule has 0 bridgehead atoms. The van der Waals surface area contributed by atoms with Crippen LogP contribution in [0.4, 0.5) is 0 Å². The van der Waals surface area contributed by atoms with Crippen molar-refractivity contribution in [1.29, 1.82) is 0 Å². The van der Waals surface area contributed by atoms with Gasteiger partial charge in [-0.2, -0.15) is 0 Å². The summed E-state index contributed by atoms with van der Waals surface area (Å²) in [4.78, 5) is 14.2. The van der Waals surface area contributed by atoms with E-state index in [1.807, 2.05) is 35.2 Å². The summed E-state index contributed by atoms with van der Waals surface area (Å²) < 4.78 is 5.23. The molecule has 3 rings (SSSR count). The molecular formula is C14H14N2O2. The largest absolute Gasteiger partial charge is 0.355 e. The summed E-state index contributed by atoms with van der Waals surface area (Å²) in [5.74, 6) is 0.583. The lowest BCUT2D eigenvalue weighted by Crippen LogP contribution is -2.27. The van der Waals surface area contributed by atoms with Crippen molar-refractivity contribution in [3.8, 4) is 11.3 Å². The van der Waals surface area contributed by atoms with E-state index in [9.17, 15) is 4.79 Å². The molecule has 0 spiro atoms. The third-order valence-corrected chi connectivity index (χ3v) is 3.23. The topological polar surface area (TPSA) is 46.3 Å². The Bertz CT molecular complexity index is 542. The van der Waals surface area contributed by atoms with Gasteiger partial charge in [-0.05, 0) is 12.8 Å². The molecule has 0 aliphatic carbocycles. The van der Waals surface area contributed by atoms with Crippen LogP contribution in [0, 0.1) is 0 Å². The molecule has 4 heteroatoms. The second-order valence-electron chi connectivity index (χ2n) is 4.43. The molecule has 0 N–H and O–H groups in total. The maximum atomic E-state index is 12.3. The molecule has 92 valence electrons. The predicted octanol–water partition coefficient (Wildman–Crippen LogP) is 2.58. The van der Waals surface area contributed by atoms with Gasteiger partial charge in [-0.1, -0.05) is 35.5 Å². The molecule has 0 atom stereocenters. The first kappa shape index (κ1) is 11.0. The van der Waals surface area contributed by atoms with Crippen molar-refractivity contribution < 1.29 is 9.32 Å². The Hall–Kier alpha value is -2.10. The van der Waals surface area contributed by atoms with E-state index in [0.29, 0.717) is 11.3 Å². The summed E-state index contributed by atoms with van der Waals surface area (Å²) in [5, 5.41) is 3.77. The Morgan fingerprint density at radius 2 is 1.89 bits per heavy atom. The number of rotatable bonds is 2. The lowest BCUT2D eigenvalue weighted by Gasteiger charge is -2.14. The number of benzene rings is 1. The zero-order chi connectivity index (χ0) is 12.4. The van der Waals surface area contributed by atoms with E-state index < -0.39 is 0 Å². The van der Waals surface area contributed by atoms with Gasteiger partial charge in [0.05, 0.1) is 6.20 Å². The van der Waals surface area contributed by atoms with Gasteiger partial charge in [-0.25, -0.2) is 0 Å². The lowest BCUT2D eigenvalue weighted by molar-refractivity contribution is 0.0793. The second kappa shape index (κ2) is 4.64. The van der Waals surface area contributed by atoms with E-state index in [1.54, 1.807) is 0 Å². The lowest BCUT2D eigenvalue weighted by atomic mass is 10.1. The summed E-state index contributed by atoms with van der Waals surface area (Å²) in [6.45, 7) is 1.66. The molecule has 18 heavy (non-hydrogen) atoms. The first-order valence-electron chi connectivity index (χ1n) is 6.15. The number of likely N-dealkylation sites (tertiary alicyclic amines) is 1. The molecule has 1 fully saturated rings. The molecule has 1 saturated heterocycles. The fraction of sp³-hybridized carbons (Fsp3) is 0.286. The number of hydrogen-bond acceptors (Lipinski definition) is 3. The van der Waals surface area contributed by atoms with Gasteiger partial charge in [0.15, 0.2) is 5.76 Å². The highest BCUT2D eigenvalue weighted by molar-refractivity contribution is 5.99. The Kier molecular flexibility index (Phi) is 2.84. The van der Waals surface area contributed by atoms with Gasteiger partial charge >= 0.3 is 0 Å². The van der Waals surface area contributed by atoms with E-state index in [0.717, 1.165) is 31.5 Å². The van der Waals surface area contributed by atoms with Crippen LogP contribution in [0.5, 0.6) is 0 Å². The standard InChI is InChI=1S/C14H14N2O2/c17-14(16-8-4-5-9-16)12-10-15-18-13(12)11-6-2-1-3-7-11/h1-3,6-7,10H,4-5,8-9H2. The van der Waals surface area contributed by atoms with Crippen molar-refractivity contribution in [2.24, 2.45) is 0 Å². The normalized spacial score (nSPS) is 15.0. The molecule has 1 aliphatic rings. The molecule has 0 radical (unpaired) electrons. The quantitative estimate of drug-likeness (QED) is 0.813.